The van der Waals surface area contributed by atoms with E-state index in [1.54, 1.807) is 0 Å². The Balaban J connectivity index is 2.83. The maximum atomic E-state index is 5.77. The van der Waals surface area contributed by atoms with E-state index in [0.717, 1.165) is 19.6 Å². The van der Waals surface area contributed by atoms with E-state index in [1.165, 1.54) is 23.6 Å². The number of unbranched alkanes of at least 4 members (excludes halogenated alkanes) is 1. The van der Waals surface area contributed by atoms with Crippen LogP contribution in [-0.4, -0.2) is 22.5 Å². The molecule has 0 aliphatic heterocycles. The topological polar surface area (TPSA) is 18.5 Å². The van der Waals surface area contributed by atoms with Gasteiger partial charge in [0.15, 0.2) is 0 Å². The van der Waals surface area contributed by atoms with Crippen LogP contribution in [0.1, 0.15) is 39.2 Å². The maximum absolute atomic E-state index is 5.77. The van der Waals surface area contributed by atoms with Crippen molar-refractivity contribution >= 4 is 14.5 Å². The van der Waals surface area contributed by atoms with Gasteiger partial charge < -0.3 is 8.85 Å². The Bertz CT molecular complexity index is 309. The van der Waals surface area contributed by atoms with Gasteiger partial charge in [-0.25, -0.2) is 0 Å². The van der Waals surface area contributed by atoms with Gasteiger partial charge >= 0.3 is 9.28 Å². The van der Waals surface area contributed by atoms with Crippen LogP contribution in [0.25, 0.3) is 0 Å². The molecule has 0 aliphatic carbocycles. The third-order valence-corrected chi connectivity index (χ3v) is 4.62. The first-order chi connectivity index (χ1) is 8.33. The van der Waals surface area contributed by atoms with Gasteiger partial charge in [0.25, 0.3) is 0 Å². The fourth-order valence-electron chi connectivity index (χ4n) is 1.76. The zero-order chi connectivity index (χ0) is 12.5. The second-order valence-corrected chi connectivity index (χ2v) is 5.61. The Morgan fingerprint density at radius 3 is 2.24 bits per heavy atom. The summed E-state index contributed by atoms with van der Waals surface area (Å²) in [6.07, 6.45) is 3.57. The molecule has 0 bridgehead atoms. The van der Waals surface area contributed by atoms with Crippen LogP contribution in [0.2, 0.25) is 0 Å². The predicted molar refractivity (Wildman–Crippen MR) is 73.7 cm³/mol. The molecule has 0 heterocycles. The molecule has 0 unspecified atom stereocenters. The lowest BCUT2D eigenvalue weighted by Crippen LogP contribution is -2.39. The van der Waals surface area contributed by atoms with Gasteiger partial charge in [-0.3, -0.25) is 0 Å². The predicted octanol–water partition coefficient (Wildman–Crippen LogP) is 2.80. The van der Waals surface area contributed by atoms with Crippen LogP contribution < -0.4 is 5.19 Å². The Labute approximate surface area is 107 Å². The lowest BCUT2D eigenvalue weighted by atomic mass is 10.1. The quantitative estimate of drug-likeness (QED) is 0.662. The SMILES string of the molecule is CCCCc1ccccc1[Si](OCC)OCC. The van der Waals surface area contributed by atoms with Gasteiger partial charge in [0.2, 0.25) is 0 Å². The number of hydrogen-bond donors (Lipinski definition) is 0. The number of aryl methyl sites for hydroxylation is 1. The Kier molecular flexibility index (Phi) is 7.16. The molecule has 1 aromatic rings. The van der Waals surface area contributed by atoms with E-state index in [2.05, 4.69) is 31.2 Å². The fraction of sp³-hybridized carbons (Fsp3) is 0.571. The molecule has 1 aromatic carbocycles. The lowest BCUT2D eigenvalue weighted by Gasteiger charge is -2.16. The minimum absolute atomic E-state index is 0.719. The van der Waals surface area contributed by atoms with Gasteiger partial charge in [-0.05, 0) is 37.4 Å². The summed E-state index contributed by atoms with van der Waals surface area (Å²) in [6, 6.07) is 8.54. The van der Waals surface area contributed by atoms with Crippen molar-refractivity contribution < 1.29 is 8.85 Å². The molecule has 0 aromatic heterocycles. The first-order valence-corrected chi connectivity index (χ1v) is 7.85. The van der Waals surface area contributed by atoms with Crippen molar-refractivity contribution in [2.45, 2.75) is 40.0 Å². The van der Waals surface area contributed by atoms with Crippen LogP contribution in [0.3, 0.4) is 0 Å². The highest BCUT2D eigenvalue weighted by molar-refractivity contribution is 6.61. The van der Waals surface area contributed by atoms with E-state index in [9.17, 15) is 0 Å². The van der Waals surface area contributed by atoms with Gasteiger partial charge in [0, 0.05) is 13.2 Å². The van der Waals surface area contributed by atoms with Gasteiger partial charge in [-0.1, -0.05) is 37.6 Å². The third kappa shape index (κ3) is 4.62. The molecule has 0 aliphatic rings. The zero-order valence-electron chi connectivity index (χ0n) is 11.2. The van der Waals surface area contributed by atoms with Crippen molar-refractivity contribution in [2.75, 3.05) is 13.2 Å². The monoisotopic (exact) mass is 251 g/mol. The Morgan fingerprint density at radius 1 is 1.00 bits per heavy atom. The van der Waals surface area contributed by atoms with E-state index in [-0.39, 0.29) is 0 Å². The molecule has 17 heavy (non-hydrogen) atoms. The number of rotatable bonds is 8. The van der Waals surface area contributed by atoms with Crippen molar-refractivity contribution in [1.82, 2.24) is 0 Å². The van der Waals surface area contributed by atoms with E-state index in [0.29, 0.717) is 0 Å². The highest BCUT2D eigenvalue weighted by Gasteiger charge is 2.20. The summed E-state index contributed by atoms with van der Waals surface area (Å²) >= 11 is 0. The average molecular weight is 251 g/mol. The van der Waals surface area contributed by atoms with Crippen LogP contribution in [0, 0.1) is 0 Å². The summed E-state index contributed by atoms with van der Waals surface area (Å²) in [5.41, 5.74) is 1.39. The van der Waals surface area contributed by atoms with Crippen LogP contribution in [-0.2, 0) is 15.3 Å². The van der Waals surface area contributed by atoms with Gasteiger partial charge in [0.1, 0.15) is 0 Å². The number of hydrogen-bond acceptors (Lipinski definition) is 2. The van der Waals surface area contributed by atoms with Crippen molar-refractivity contribution in [3.63, 3.8) is 0 Å². The average Bonchev–Trinajstić information content (AvgIpc) is 2.36. The van der Waals surface area contributed by atoms with Crippen molar-refractivity contribution in [1.29, 1.82) is 0 Å². The van der Waals surface area contributed by atoms with Crippen LogP contribution in [0.4, 0.5) is 0 Å². The molecule has 0 fully saturated rings. The van der Waals surface area contributed by atoms with Crippen LogP contribution >= 0.6 is 0 Å². The Morgan fingerprint density at radius 2 is 1.65 bits per heavy atom. The van der Waals surface area contributed by atoms with Gasteiger partial charge in [0.05, 0.1) is 0 Å². The third-order valence-electron chi connectivity index (χ3n) is 2.59. The molecule has 3 heteroatoms. The fourth-order valence-corrected chi connectivity index (χ4v) is 3.39. The standard InChI is InChI=1S/C14H23O2Si/c1-4-7-10-13-11-8-9-12-14(13)17(15-5-2)16-6-3/h8-9,11-12H,4-7,10H2,1-3H3. The summed E-state index contributed by atoms with van der Waals surface area (Å²) in [5, 5.41) is 1.29. The maximum Gasteiger partial charge on any atom is 0.423 e. The highest BCUT2D eigenvalue weighted by atomic mass is 28.3. The molecule has 0 N–H and O–H groups in total. The van der Waals surface area contributed by atoms with E-state index in [1.807, 2.05) is 13.8 Å². The molecular formula is C14H23O2Si. The second-order valence-electron chi connectivity index (χ2n) is 3.91. The molecule has 2 nitrogen and oxygen atoms in total. The summed E-state index contributed by atoms with van der Waals surface area (Å²) in [7, 11) is -1.28. The molecule has 95 valence electrons. The van der Waals surface area contributed by atoms with Gasteiger partial charge in [-0.15, -0.1) is 0 Å². The summed E-state index contributed by atoms with van der Waals surface area (Å²) in [6.45, 7) is 7.71. The van der Waals surface area contributed by atoms with E-state index < -0.39 is 9.28 Å². The van der Waals surface area contributed by atoms with E-state index in [4.69, 9.17) is 8.85 Å². The zero-order valence-corrected chi connectivity index (χ0v) is 12.2. The molecule has 1 radical (unpaired) electrons. The highest BCUT2D eigenvalue weighted by Crippen LogP contribution is 2.05. The lowest BCUT2D eigenvalue weighted by molar-refractivity contribution is 0.225. The smallest absolute Gasteiger partial charge is 0.390 e. The normalized spacial score (nSPS) is 11.1. The van der Waals surface area contributed by atoms with Crippen molar-refractivity contribution in [3.8, 4) is 0 Å². The van der Waals surface area contributed by atoms with Crippen LogP contribution in [0.15, 0.2) is 24.3 Å². The number of benzene rings is 1. The molecule has 0 spiro atoms. The van der Waals surface area contributed by atoms with E-state index >= 15 is 0 Å². The summed E-state index contributed by atoms with van der Waals surface area (Å²) in [4.78, 5) is 0. The Hall–Kier alpha value is -0.643. The van der Waals surface area contributed by atoms with Crippen molar-refractivity contribution in [3.05, 3.63) is 29.8 Å². The largest absolute Gasteiger partial charge is 0.423 e. The molecule has 0 saturated heterocycles. The van der Waals surface area contributed by atoms with Crippen LogP contribution in [0.5, 0.6) is 0 Å². The summed E-state index contributed by atoms with van der Waals surface area (Å²) < 4.78 is 11.5. The molecule has 1 rings (SSSR count). The molecule has 0 atom stereocenters. The van der Waals surface area contributed by atoms with Gasteiger partial charge in [-0.2, -0.15) is 0 Å². The molecular weight excluding hydrogens is 228 g/mol. The summed E-state index contributed by atoms with van der Waals surface area (Å²) in [5.74, 6) is 0. The first kappa shape index (κ1) is 14.4. The minimum Gasteiger partial charge on any atom is -0.390 e. The van der Waals surface area contributed by atoms with Crippen molar-refractivity contribution in [2.24, 2.45) is 0 Å². The molecule has 0 amide bonds. The second kappa shape index (κ2) is 8.45. The molecule has 0 saturated carbocycles. The minimum atomic E-state index is -1.28. The first-order valence-electron chi connectivity index (χ1n) is 6.54.